The van der Waals surface area contributed by atoms with Gasteiger partial charge in [-0.1, -0.05) is 87.5 Å². The van der Waals surface area contributed by atoms with Crippen molar-refractivity contribution < 1.29 is 9.22 Å². The van der Waals surface area contributed by atoms with Crippen molar-refractivity contribution in [3.63, 3.8) is 0 Å². The third-order valence-corrected chi connectivity index (χ3v) is 9.38. The molecule has 0 bridgehead atoms. The molecular formula is C21H26O2Si. The molecule has 0 fully saturated rings. The molecule has 0 aliphatic rings. The van der Waals surface area contributed by atoms with E-state index in [1.807, 2.05) is 25.1 Å². The Balaban J connectivity index is 2.64. The summed E-state index contributed by atoms with van der Waals surface area (Å²) in [5.41, 5.74) is 0.683. The molecule has 0 aliphatic heterocycles. The Morgan fingerprint density at radius 2 is 1.42 bits per heavy atom. The lowest BCUT2D eigenvalue weighted by molar-refractivity contribution is -0.105. The molecule has 2 rings (SSSR count). The summed E-state index contributed by atoms with van der Waals surface area (Å²) in [5, 5.41) is 2.38. The van der Waals surface area contributed by atoms with E-state index in [4.69, 9.17) is 4.43 Å². The lowest BCUT2D eigenvalue weighted by Crippen LogP contribution is -2.66. The first-order chi connectivity index (χ1) is 11.5. The molecule has 2 aromatic rings. The molecule has 0 atom stereocenters. The maximum Gasteiger partial charge on any atom is 0.261 e. The van der Waals surface area contributed by atoms with Crippen molar-refractivity contribution >= 4 is 25.0 Å². The van der Waals surface area contributed by atoms with Gasteiger partial charge in [-0.05, 0) is 22.3 Å². The van der Waals surface area contributed by atoms with Crippen molar-refractivity contribution in [2.75, 3.05) is 6.61 Å². The van der Waals surface area contributed by atoms with E-state index in [1.165, 1.54) is 10.4 Å². The van der Waals surface area contributed by atoms with Gasteiger partial charge in [0, 0.05) is 5.57 Å². The van der Waals surface area contributed by atoms with Gasteiger partial charge in [-0.2, -0.15) is 0 Å². The Morgan fingerprint density at radius 1 is 0.958 bits per heavy atom. The Kier molecular flexibility index (Phi) is 5.92. The van der Waals surface area contributed by atoms with Gasteiger partial charge in [0.1, 0.15) is 6.29 Å². The van der Waals surface area contributed by atoms with E-state index < -0.39 is 8.32 Å². The topological polar surface area (TPSA) is 26.3 Å². The summed E-state index contributed by atoms with van der Waals surface area (Å²) in [4.78, 5) is 11.2. The second kappa shape index (κ2) is 7.73. The van der Waals surface area contributed by atoms with E-state index >= 15 is 0 Å². The highest BCUT2D eigenvalue weighted by Gasteiger charge is 2.50. The molecule has 2 aromatic carbocycles. The lowest BCUT2D eigenvalue weighted by Gasteiger charge is -2.43. The summed E-state index contributed by atoms with van der Waals surface area (Å²) >= 11 is 0. The van der Waals surface area contributed by atoms with Gasteiger partial charge >= 0.3 is 0 Å². The van der Waals surface area contributed by atoms with E-state index in [-0.39, 0.29) is 5.04 Å². The molecule has 0 unspecified atom stereocenters. The molecule has 0 aliphatic carbocycles. The first kappa shape index (κ1) is 18.4. The molecule has 0 amide bonds. The van der Waals surface area contributed by atoms with E-state index in [1.54, 1.807) is 0 Å². The summed E-state index contributed by atoms with van der Waals surface area (Å²) in [7, 11) is -2.54. The van der Waals surface area contributed by atoms with E-state index in [0.717, 1.165) is 6.29 Å². The predicted octanol–water partition coefficient (Wildman–Crippen LogP) is 3.71. The first-order valence-electron chi connectivity index (χ1n) is 8.31. The highest BCUT2D eigenvalue weighted by Crippen LogP contribution is 2.36. The van der Waals surface area contributed by atoms with Gasteiger partial charge < -0.3 is 4.43 Å². The van der Waals surface area contributed by atoms with Crippen molar-refractivity contribution in [1.82, 2.24) is 0 Å². The van der Waals surface area contributed by atoms with Crippen LogP contribution < -0.4 is 10.4 Å². The number of carbonyl (C=O) groups excluding carboxylic acids is 1. The first-order valence-corrected chi connectivity index (χ1v) is 10.2. The monoisotopic (exact) mass is 338 g/mol. The van der Waals surface area contributed by atoms with Crippen LogP contribution in [0.2, 0.25) is 5.04 Å². The fourth-order valence-corrected chi connectivity index (χ4v) is 7.68. The van der Waals surface area contributed by atoms with Crippen LogP contribution in [-0.2, 0) is 9.22 Å². The van der Waals surface area contributed by atoms with Gasteiger partial charge in [-0.15, -0.1) is 0 Å². The van der Waals surface area contributed by atoms with Crippen LogP contribution in [-0.4, -0.2) is 21.2 Å². The number of benzene rings is 2. The number of rotatable bonds is 6. The average molecular weight is 339 g/mol. The number of hydrogen-bond donors (Lipinski definition) is 0. The maximum atomic E-state index is 11.2. The van der Waals surface area contributed by atoms with Crippen LogP contribution in [0, 0.1) is 0 Å². The van der Waals surface area contributed by atoms with Crippen molar-refractivity contribution in [1.29, 1.82) is 0 Å². The number of allylic oxidation sites excluding steroid dienone is 1. The molecule has 0 spiro atoms. The minimum atomic E-state index is -2.54. The Labute approximate surface area is 146 Å². The molecule has 0 saturated carbocycles. The van der Waals surface area contributed by atoms with Crippen molar-refractivity contribution in [3.05, 3.63) is 72.3 Å². The van der Waals surface area contributed by atoms with Crippen LogP contribution in [0.1, 0.15) is 27.7 Å². The van der Waals surface area contributed by atoms with E-state index in [2.05, 4.69) is 69.3 Å². The highest BCUT2D eigenvalue weighted by molar-refractivity contribution is 6.99. The normalized spacial score (nSPS) is 12.9. The van der Waals surface area contributed by atoms with E-state index in [9.17, 15) is 4.79 Å². The second-order valence-electron chi connectivity index (χ2n) is 6.93. The molecule has 24 heavy (non-hydrogen) atoms. The summed E-state index contributed by atoms with van der Waals surface area (Å²) in [5.74, 6) is 0. The molecule has 3 heteroatoms. The zero-order chi connectivity index (χ0) is 17.6. The molecule has 2 nitrogen and oxygen atoms in total. The average Bonchev–Trinajstić information content (AvgIpc) is 2.59. The third-order valence-electron chi connectivity index (χ3n) is 4.39. The van der Waals surface area contributed by atoms with Gasteiger partial charge in [-0.25, -0.2) is 0 Å². The number of aldehydes is 1. The fourth-order valence-electron chi connectivity index (χ4n) is 3.14. The Hall–Kier alpha value is -1.97. The van der Waals surface area contributed by atoms with Crippen molar-refractivity contribution in [2.45, 2.75) is 32.7 Å². The fraction of sp³-hybridized carbons (Fsp3) is 0.286. The standard InChI is InChI=1S/C21H26O2Si/c1-5-18(16-22)17-23-24(21(2,3)4,19-12-8-6-9-13-19)20-14-10-7-11-15-20/h5-16H,17H2,1-4H3/b18-5-. The summed E-state index contributed by atoms with van der Waals surface area (Å²) in [6, 6.07) is 20.9. The van der Waals surface area contributed by atoms with Crippen LogP contribution >= 0.6 is 0 Å². The summed E-state index contributed by atoms with van der Waals surface area (Å²) < 4.78 is 6.65. The second-order valence-corrected chi connectivity index (χ2v) is 11.2. The van der Waals surface area contributed by atoms with Crippen molar-refractivity contribution in [3.8, 4) is 0 Å². The molecule has 126 valence electrons. The maximum absolute atomic E-state index is 11.2. The molecular weight excluding hydrogens is 312 g/mol. The molecule has 0 aromatic heterocycles. The van der Waals surface area contributed by atoms with Crippen LogP contribution in [0.5, 0.6) is 0 Å². The van der Waals surface area contributed by atoms with Gasteiger partial charge in [0.05, 0.1) is 6.61 Å². The van der Waals surface area contributed by atoms with Gasteiger partial charge in [0.25, 0.3) is 8.32 Å². The lowest BCUT2D eigenvalue weighted by atomic mass is 10.2. The SMILES string of the molecule is C/C=C(/C=O)CO[Si](c1ccccc1)(c1ccccc1)C(C)(C)C. The smallest absolute Gasteiger partial charge is 0.261 e. The van der Waals surface area contributed by atoms with Gasteiger partial charge in [-0.3, -0.25) is 4.79 Å². The number of hydrogen-bond acceptors (Lipinski definition) is 2. The molecule has 0 N–H and O–H groups in total. The molecule has 0 saturated heterocycles. The zero-order valence-electron chi connectivity index (χ0n) is 15.0. The quantitative estimate of drug-likeness (QED) is 0.456. The largest absolute Gasteiger partial charge is 0.403 e. The van der Waals surface area contributed by atoms with Crippen molar-refractivity contribution in [2.24, 2.45) is 0 Å². The summed E-state index contributed by atoms with van der Waals surface area (Å²) in [6.07, 6.45) is 2.71. The van der Waals surface area contributed by atoms with Crippen LogP contribution in [0.3, 0.4) is 0 Å². The van der Waals surface area contributed by atoms with Gasteiger partial charge in [0.15, 0.2) is 0 Å². The minimum Gasteiger partial charge on any atom is -0.403 e. The molecule has 0 radical (unpaired) electrons. The number of carbonyl (C=O) groups is 1. The Bertz CT molecular complexity index is 645. The Morgan fingerprint density at radius 3 is 1.75 bits per heavy atom. The van der Waals surface area contributed by atoms with Crippen LogP contribution in [0.25, 0.3) is 0 Å². The zero-order valence-corrected chi connectivity index (χ0v) is 16.0. The van der Waals surface area contributed by atoms with Crippen LogP contribution in [0.4, 0.5) is 0 Å². The minimum absolute atomic E-state index is 0.0720. The van der Waals surface area contributed by atoms with Gasteiger partial charge in [0.2, 0.25) is 0 Å². The van der Waals surface area contributed by atoms with Crippen LogP contribution in [0.15, 0.2) is 72.3 Å². The summed E-state index contributed by atoms with van der Waals surface area (Å²) in [6.45, 7) is 8.91. The molecule has 0 heterocycles. The third kappa shape index (κ3) is 3.58. The predicted molar refractivity (Wildman–Crippen MR) is 103 cm³/mol. The highest BCUT2D eigenvalue weighted by atomic mass is 28.4. The van der Waals surface area contributed by atoms with E-state index in [0.29, 0.717) is 12.2 Å².